The van der Waals surface area contributed by atoms with Gasteiger partial charge in [0, 0.05) is 61.5 Å². The molecule has 0 aliphatic carbocycles. The van der Waals surface area contributed by atoms with Gasteiger partial charge in [0.1, 0.15) is 17.0 Å². The van der Waals surface area contributed by atoms with Crippen LogP contribution in [0.4, 0.5) is 17.2 Å². The Labute approximate surface area is 203 Å². The van der Waals surface area contributed by atoms with E-state index in [1.54, 1.807) is 17.7 Å². The van der Waals surface area contributed by atoms with Crippen molar-refractivity contribution in [2.45, 2.75) is 6.42 Å². The second kappa shape index (κ2) is 10.2. The van der Waals surface area contributed by atoms with Crippen molar-refractivity contribution >= 4 is 44.7 Å². The molecule has 7 nitrogen and oxygen atoms in total. The van der Waals surface area contributed by atoms with Gasteiger partial charge in [-0.25, -0.2) is 9.97 Å². The first-order valence-corrected chi connectivity index (χ1v) is 12.4. The molecule has 2 N–H and O–H groups in total. The van der Waals surface area contributed by atoms with Gasteiger partial charge in [0.15, 0.2) is 0 Å². The van der Waals surface area contributed by atoms with Crippen molar-refractivity contribution < 1.29 is 4.79 Å². The number of benzene rings is 2. The van der Waals surface area contributed by atoms with E-state index in [4.69, 9.17) is 0 Å². The zero-order valence-electron chi connectivity index (χ0n) is 19.2. The van der Waals surface area contributed by atoms with Crippen LogP contribution < -0.4 is 15.5 Å². The number of amides is 1. The lowest BCUT2D eigenvalue weighted by Gasteiger charge is -2.34. The lowest BCUT2D eigenvalue weighted by Crippen LogP contribution is -2.44. The highest BCUT2D eigenvalue weighted by Crippen LogP contribution is 2.36. The first-order chi connectivity index (χ1) is 16.7. The molecule has 2 aromatic carbocycles. The number of nitrogens with one attached hydrogen (secondary N) is 2. The predicted molar refractivity (Wildman–Crippen MR) is 141 cm³/mol. The van der Waals surface area contributed by atoms with Gasteiger partial charge in [-0.3, -0.25) is 4.79 Å². The molecule has 1 fully saturated rings. The largest absolute Gasteiger partial charge is 0.369 e. The summed E-state index contributed by atoms with van der Waals surface area (Å²) < 4.78 is 0. The number of fused-ring (bicyclic) bond motifs is 1. The maximum Gasteiger partial charge on any atom is 0.226 e. The molecule has 34 heavy (non-hydrogen) atoms. The van der Waals surface area contributed by atoms with Crippen LogP contribution in [0.25, 0.3) is 21.3 Å². The van der Waals surface area contributed by atoms with Crippen molar-refractivity contribution in [3.05, 3.63) is 66.3 Å². The third-order valence-corrected chi connectivity index (χ3v) is 7.01. The van der Waals surface area contributed by atoms with Crippen molar-refractivity contribution in [3.8, 4) is 11.1 Å². The van der Waals surface area contributed by atoms with Crippen LogP contribution in [0.2, 0.25) is 0 Å². The van der Waals surface area contributed by atoms with Crippen molar-refractivity contribution in [1.82, 2.24) is 14.9 Å². The molecule has 0 saturated carbocycles. The smallest absolute Gasteiger partial charge is 0.226 e. The summed E-state index contributed by atoms with van der Waals surface area (Å²) in [5.74, 6) is 0.730. The Morgan fingerprint density at radius 1 is 1.00 bits per heavy atom. The first kappa shape index (κ1) is 22.3. The lowest BCUT2D eigenvalue weighted by atomic mass is 10.1. The molecular formula is C26H28N6OS. The summed E-state index contributed by atoms with van der Waals surface area (Å²) in [5.41, 5.74) is 4.25. The number of rotatable bonds is 7. The third-order valence-electron chi connectivity index (χ3n) is 6.12. The molecule has 1 aliphatic heterocycles. The summed E-state index contributed by atoms with van der Waals surface area (Å²) in [6.45, 7) is 4.69. The molecule has 2 aromatic heterocycles. The van der Waals surface area contributed by atoms with Gasteiger partial charge in [-0.1, -0.05) is 30.3 Å². The SMILES string of the molecule is CN1CCN(c2ccc(NC(=O)CCNc3ncnc4scc(-c5ccccc5)c34)cc2)CC1. The molecule has 1 amide bonds. The number of hydrogen-bond acceptors (Lipinski definition) is 7. The van der Waals surface area contributed by atoms with Crippen molar-refractivity contribution in [1.29, 1.82) is 0 Å². The maximum absolute atomic E-state index is 12.5. The van der Waals surface area contributed by atoms with Gasteiger partial charge in [-0.15, -0.1) is 11.3 Å². The van der Waals surface area contributed by atoms with Gasteiger partial charge in [0.2, 0.25) is 5.91 Å². The molecular weight excluding hydrogens is 444 g/mol. The highest BCUT2D eigenvalue weighted by atomic mass is 32.1. The molecule has 0 radical (unpaired) electrons. The molecule has 0 unspecified atom stereocenters. The van der Waals surface area contributed by atoms with Crippen LogP contribution in [-0.2, 0) is 4.79 Å². The minimum absolute atomic E-state index is 0.0289. The normalized spacial score (nSPS) is 14.3. The first-order valence-electron chi connectivity index (χ1n) is 11.5. The topological polar surface area (TPSA) is 73.4 Å². The van der Waals surface area contributed by atoms with Crippen molar-refractivity contribution in [2.24, 2.45) is 0 Å². The summed E-state index contributed by atoms with van der Waals surface area (Å²) in [7, 11) is 2.15. The van der Waals surface area contributed by atoms with Crippen LogP contribution in [-0.4, -0.2) is 60.5 Å². The highest BCUT2D eigenvalue weighted by molar-refractivity contribution is 7.17. The van der Waals surface area contributed by atoms with E-state index in [1.165, 1.54) is 5.69 Å². The Bertz CT molecular complexity index is 1250. The summed E-state index contributed by atoms with van der Waals surface area (Å²) in [5, 5.41) is 9.45. The minimum Gasteiger partial charge on any atom is -0.369 e. The van der Waals surface area contributed by atoms with Crippen LogP contribution in [0.1, 0.15) is 6.42 Å². The zero-order chi connectivity index (χ0) is 23.3. The molecule has 1 aliphatic rings. The molecule has 8 heteroatoms. The predicted octanol–water partition coefficient (Wildman–Crippen LogP) is 4.55. The second-order valence-electron chi connectivity index (χ2n) is 8.48. The average molecular weight is 473 g/mol. The van der Waals surface area contributed by atoms with Crippen molar-refractivity contribution in [2.75, 3.05) is 55.3 Å². The van der Waals surface area contributed by atoms with E-state index in [0.29, 0.717) is 13.0 Å². The number of thiophene rings is 1. The van der Waals surface area contributed by atoms with E-state index in [0.717, 1.165) is 59.0 Å². The monoisotopic (exact) mass is 472 g/mol. The second-order valence-corrected chi connectivity index (χ2v) is 9.34. The number of carbonyl (C=O) groups is 1. The van der Waals surface area contributed by atoms with Crippen LogP contribution in [0, 0.1) is 0 Å². The molecule has 1 saturated heterocycles. The quantitative estimate of drug-likeness (QED) is 0.411. The Morgan fingerprint density at radius 2 is 1.76 bits per heavy atom. The van der Waals surface area contributed by atoms with Gasteiger partial charge in [-0.2, -0.15) is 0 Å². The summed E-state index contributed by atoms with van der Waals surface area (Å²) >= 11 is 1.60. The summed E-state index contributed by atoms with van der Waals surface area (Å²) in [6, 6.07) is 18.3. The van der Waals surface area contributed by atoms with Crippen molar-refractivity contribution in [3.63, 3.8) is 0 Å². The Morgan fingerprint density at radius 3 is 2.53 bits per heavy atom. The van der Waals surface area contributed by atoms with E-state index in [-0.39, 0.29) is 5.91 Å². The Balaban J connectivity index is 1.18. The number of hydrogen-bond donors (Lipinski definition) is 2. The number of piperazine rings is 1. The van der Waals surface area contributed by atoms with E-state index < -0.39 is 0 Å². The summed E-state index contributed by atoms with van der Waals surface area (Å²) in [6.07, 6.45) is 1.91. The number of anilines is 3. The van der Waals surface area contributed by atoms with Crippen LogP contribution in [0.15, 0.2) is 66.3 Å². The van der Waals surface area contributed by atoms with Gasteiger partial charge in [-0.05, 0) is 36.9 Å². The van der Waals surface area contributed by atoms with Crippen LogP contribution in [0.5, 0.6) is 0 Å². The van der Waals surface area contributed by atoms with Gasteiger partial charge in [0.25, 0.3) is 0 Å². The fourth-order valence-electron chi connectivity index (χ4n) is 4.18. The highest BCUT2D eigenvalue weighted by Gasteiger charge is 2.15. The lowest BCUT2D eigenvalue weighted by molar-refractivity contribution is -0.115. The fraction of sp³-hybridized carbons (Fsp3) is 0.269. The van der Waals surface area contributed by atoms with Crippen LogP contribution >= 0.6 is 11.3 Å². The third kappa shape index (κ3) is 5.03. The number of nitrogens with zero attached hydrogens (tertiary/aromatic N) is 4. The molecule has 3 heterocycles. The Hall–Kier alpha value is -3.49. The van der Waals surface area contributed by atoms with E-state index >= 15 is 0 Å². The van der Waals surface area contributed by atoms with Gasteiger partial charge >= 0.3 is 0 Å². The number of likely N-dealkylation sites (N-methyl/N-ethyl adjacent to an activating group) is 1. The van der Waals surface area contributed by atoms with Crippen LogP contribution in [0.3, 0.4) is 0 Å². The molecule has 174 valence electrons. The van der Waals surface area contributed by atoms with Gasteiger partial charge < -0.3 is 20.4 Å². The van der Waals surface area contributed by atoms with Gasteiger partial charge in [0.05, 0.1) is 5.39 Å². The van der Waals surface area contributed by atoms with E-state index in [1.807, 2.05) is 30.3 Å². The molecule has 0 bridgehead atoms. The zero-order valence-corrected chi connectivity index (χ0v) is 20.0. The Kier molecular flexibility index (Phi) is 6.69. The van der Waals surface area contributed by atoms with E-state index in [9.17, 15) is 4.79 Å². The minimum atomic E-state index is -0.0289. The summed E-state index contributed by atoms with van der Waals surface area (Å²) in [4.78, 5) is 27.0. The number of carbonyl (C=O) groups excluding carboxylic acids is 1. The molecule has 4 aromatic rings. The molecule has 5 rings (SSSR count). The standard InChI is InChI=1S/C26H28N6OS/c1-31-13-15-32(16-14-31)21-9-7-20(8-10-21)30-23(33)11-12-27-25-24-22(19-5-3-2-4-6-19)17-34-26(24)29-18-28-25/h2-10,17-18H,11-16H2,1H3,(H,30,33)(H,27,28,29). The number of aromatic nitrogens is 2. The fourth-order valence-corrected chi connectivity index (χ4v) is 5.09. The van der Waals surface area contributed by atoms with E-state index in [2.05, 4.69) is 67.1 Å². The maximum atomic E-state index is 12.5. The molecule has 0 atom stereocenters. The molecule has 0 spiro atoms. The average Bonchev–Trinajstić information content (AvgIpc) is 3.31.